The van der Waals surface area contributed by atoms with E-state index < -0.39 is 75.8 Å². The Kier molecular flexibility index (Phi) is 8.67. The normalized spacial score (nSPS) is 29.0. The predicted molar refractivity (Wildman–Crippen MR) is 156 cm³/mol. The number of fused-ring (bicyclic) bond motifs is 2. The highest BCUT2D eigenvalue weighted by atomic mass is 32.7. The van der Waals surface area contributed by atoms with Crippen LogP contribution in [0.25, 0.3) is 22.3 Å². The molecule has 0 aliphatic carbocycles. The van der Waals surface area contributed by atoms with E-state index in [0.717, 1.165) is 6.33 Å². The van der Waals surface area contributed by atoms with Gasteiger partial charge < -0.3 is 35.5 Å². The molecule has 0 bridgehead atoms. The highest BCUT2D eigenvalue weighted by molar-refractivity contribution is 8.39. The molecule has 4 aromatic heterocycles. The number of thiol groups is 1. The van der Waals surface area contributed by atoms with Gasteiger partial charge in [-0.05, 0) is 16.4 Å². The molecule has 44 heavy (non-hydrogen) atoms. The van der Waals surface area contributed by atoms with Crippen molar-refractivity contribution < 1.29 is 42.0 Å². The molecule has 0 amide bonds. The zero-order valence-electron chi connectivity index (χ0n) is 22.1. The van der Waals surface area contributed by atoms with Crippen LogP contribution in [0.2, 0.25) is 0 Å². The molecule has 2 fully saturated rings. The molecule has 0 radical (unpaired) electrons. The maximum Gasteiger partial charge on any atom is 0.582 e. The van der Waals surface area contributed by atoms with E-state index in [1.165, 1.54) is 17.2 Å². The highest BCUT2D eigenvalue weighted by Gasteiger charge is 2.50. The lowest BCUT2D eigenvalue weighted by Crippen LogP contribution is -2.32. The first-order chi connectivity index (χ1) is 21.0. The number of nitrogen functional groups attached to an aromatic ring is 2. The van der Waals surface area contributed by atoms with Crippen LogP contribution in [0.5, 0.6) is 0 Å². The number of aliphatic hydroxyl groups excluding tert-OH is 1. The Morgan fingerprint density at radius 2 is 1.93 bits per heavy atom. The fourth-order valence-electron chi connectivity index (χ4n) is 4.99. The molecule has 2 saturated heterocycles. The van der Waals surface area contributed by atoms with Crippen LogP contribution < -0.4 is 17.0 Å². The second-order valence-corrected chi connectivity index (χ2v) is 14.1. The van der Waals surface area contributed by atoms with Crippen molar-refractivity contribution in [3.8, 4) is 0 Å². The molecule has 6 rings (SSSR count). The number of aliphatic hydroxyl groups is 1. The van der Waals surface area contributed by atoms with Crippen molar-refractivity contribution in [1.29, 1.82) is 0 Å². The Bertz CT molecular complexity index is 1830. The van der Waals surface area contributed by atoms with Gasteiger partial charge in [-0.25, -0.2) is 24.3 Å². The van der Waals surface area contributed by atoms with E-state index in [-0.39, 0.29) is 29.4 Å². The number of H-pyrrole nitrogens is 1. The molecule has 0 spiro atoms. The number of nitrogens with zero attached hydrogens (tertiary/aromatic N) is 7. The van der Waals surface area contributed by atoms with E-state index in [1.54, 1.807) is 4.57 Å². The van der Waals surface area contributed by atoms with Gasteiger partial charge in [-0.1, -0.05) is 0 Å². The maximum atomic E-state index is 15.4. The van der Waals surface area contributed by atoms with Crippen LogP contribution in [0, 0.1) is 0 Å². The van der Waals surface area contributed by atoms with Gasteiger partial charge in [0.15, 0.2) is 35.0 Å². The number of hydrogen-bond donors (Lipinski definition) is 6. The van der Waals surface area contributed by atoms with Crippen LogP contribution in [0.15, 0.2) is 23.8 Å². The van der Waals surface area contributed by atoms with Crippen molar-refractivity contribution in [3.05, 3.63) is 29.3 Å². The minimum absolute atomic E-state index is 0.0619. The second-order valence-electron chi connectivity index (χ2n) is 9.63. The minimum atomic E-state index is -4.27. The number of ether oxygens (including phenoxy) is 2. The van der Waals surface area contributed by atoms with Crippen molar-refractivity contribution >= 4 is 72.1 Å². The molecule has 4 aromatic rings. The van der Waals surface area contributed by atoms with Crippen molar-refractivity contribution in [2.75, 3.05) is 24.7 Å². The molecule has 2 unspecified atom stereocenters. The number of aromatic amines is 1. The summed E-state index contributed by atoms with van der Waals surface area (Å²) in [5, 5.41) is 9.67. The van der Waals surface area contributed by atoms with E-state index in [0.29, 0.717) is 11.2 Å². The molecule has 9 atom stereocenters. The number of halogens is 1. The van der Waals surface area contributed by atoms with E-state index in [4.69, 9.17) is 46.3 Å². The quantitative estimate of drug-likeness (QED) is 0.0959. The molecule has 0 aromatic carbocycles. The Balaban J connectivity index is 1.20. The first kappa shape index (κ1) is 31.2. The van der Waals surface area contributed by atoms with Crippen LogP contribution in [-0.2, 0) is 39.4 Å². The topological polar surface area (TPSA) is 263 Å². The van der Waals surface area contributed by atoms with Gasteiger partial charge in [-0.3, -0.25) is 23.4 Å². The lowest BCUT2D eigenvalue weighted by molar-refractivity contribution is -0.0529. The summed E-state index contributed by atoms with van der Waals surface area (Å²) in [7, 11) is -2.37. The first-order valence-corrected chi connectivity index (χ1v) is 17.6. The third kappa shape index (κ3) is 5.95. The lowest BCUT2D eigenvalue weighted by atomic mass is 10.1. The summed E-state index contributed by atoms with van der Waals surface area (Å²) in [6.07, 6.45) is -4.97. The number of imidazole rings is 2. The van der Waals surface area contributed by atoms with Gasteiger partial charge >= 0.3 is 13.9 Å². The fraction of sp³-hybridized carbons (Fsp3) is 0.500. The number of hydrogen-bond acceptors (Lipinski definition) is 16. The van der Waals surface area contributed by atoms with Crippen LogP contribution in [0.1, 0.15) is 18.9 Å². The number of alkyl halides is 1. The molecule has 24 heteroatoms. The summed E-state index contributed by atoms with van der Waals surface area (Å²) in [5.74, 6) is -0.0745. The summed E-state index contributed by atoms with van der Waals surface area (Å²) >= 11 is 9.01. The molecule has 236 valence electrons. The number of nitrogens with two attached hydrogens (primary N) is 2. The Morgan fingerprint density at radius 3 is 2.68 bits per heavy atom. The average molecular weight is 694 g/mol. The van der Waals surface area contributed by atoms with E-state index in [2.05, 4.69) is 42.2 Å². The monoisotopic (exact) mass is 693 g/mol. The molecule has 6 heterocycles. The van der Waals surface area contributed by atoms with Gasteiger partial charge in [0.25, 0.3) is 5.56 Å². The van der Waals surface area contributed by atoms with Crippen LogP contribution in [-0.4, -0.2) is 92.8 Å². The van der Waals surface area contributed by atoms with E-state index >= 15 is 4.39 Å². The Labute approximate surface area is 256 Å². The van der Waals surface area contributed by atoms with Gasteiger partial charge in [-0.2, -0.15) is 4.98 Å². The molecule has 7 N–H and O–H groups in total. The standard InChI is InChI=1S/C20H23FN10O9P2S2/c21-11-8(2-32)38-19(31-6-27-13-17(31)28-20(23)29-18(13)33)14(11)40-42(35,44)36-3-9-7(39-41(34)43)1-10(37-9)30-5-26-12-15(22)24-4-25-16(12)30/h4-11,14,19,32H,1-3H2,(H6-,22,23,24,25,28,29,33,34,35,43,44)/p+1/t7-,8+,9+,10+,11+,14+,19+,42?/m0/s1. The second kappa shape index (κ2) is 12.2. The van der Waals surface area contributed by atoms with Gasteiger partial charge in [-0.15, -0.1) is 4.52 Å². The minimum Gasteiger partial charge on any atom is -0.394 e. The van der Waals surface area contributed by atoms with Crippen molar-refractivity contribution in [2.24, 2.45) is 0 Å². The van der Waals surface area contributed by atoms with Crippen molar-refractivity contribution in [3.63, 3.8) is 0 Å². The lowest BCUT2D eigenvalue weighted by Gasteiger charge is -2.26. The van der Waals surface area contributed by atoms with Crippen LogP contribution in [0.3, 0.4) is 0 Å². The molecule has 2 aliphatic rings. The van der Waals surface area contributed by atoms with Gasteiger partial charge in [0.1, 0.15) is 54.7 Å². The SMILES string of the molecule is Nc1nc2c(ncn2[C@@H]2O[C@H](CO)[C@@H](F)[C@H]2OP(O)(=S)OC[C@H]2O[C@@H](n3cnc4c(N)ncnc43)C[C@@H]2O[P+](=O)S)c(=O)[nH]1. The van der Waals surface area contributed by atoms with Crippen LogP contribution in [0.4, 0.5) is 16.2 Å². The summed E-state index contributed by atoms with van der Waals surface area (Å²) in [6, 6.07) is 0. The van der Waals surface area contributed by atoms with Crippen molar-refractivity contribution in [1.82, 2.24) is 39.0 Å². The summed E-state index contributed by atoms with van der Waals surface area (Å²) in [6.45, 7) is -5.45. The zero-order chi connectivity index (χ0) is 31.3. The molecular formula is C20H24FN10O9P2S2+. The largest absolute Gasteiger partial charge is 0.582 e. The average Bonchev–Trinajstić information content (AvgIpc) is 3.73. The maximum absolute atomic E-state index is 15.4. The first-order valence-electron chi connectivity index (χ1n) is 12.7. The number of anilines is 2. The van der Waals surface area contributed by atoms with Gasteiger partial charge in [0, 0.05) is 6.42 Å². The number of aromatic nitrogens is 8. The number of nitrogens with one attached hydrogen (secondary N) is 1. The summed E-state index contributed by atoms with van der Waals surface area (Å²) in [5.41, 5.74) is 11.4. The molecular weight excluding hydrogens is 669 g/mol. The summed E-state index contributed by atoms with van der Waals surface area (Å²) in [4.78, 5) is 45.8. The Morgan fingerprint density at radius 1 is 1.18 bits per heavy atom. The molecule has 0 saturated carbocycles. The van der Waals surface area contributed by atoms with Gasteiger partial charge in [0.2, 0.25) is 5.95 Å². The van der Waals surface area contributed by atoms with E-state index in [9.17, 15) is 19.4 Å². The molecule has 2 aliphatic heterocycles. The Hall–Kier alpha value is -2.75. The predicted octanol–water partition coefficient (Wildman–Crippen LogP) is 0.230. The fourth-order valence-corrected chi connectivity index (χ4v) is 7.21. The van der Waals surface area contributed by atoms with Crippen molar-refractivity contribution in [2.45, 2.75) is 49.5 Å². The zero-order valence-corrected chi connectivity index (χ0v) is 25.6. The number of rotatable bonds is 10. The highest BCUT2D eigenvalue weighted by Crippen LogP contribution is 2.51. The van der Waals surface area contributed by atoms with E-state index in [1.807, 2.05) is 0 Å². The van der Waals surface area contributed by atoms with Gasteiger partial charge in [0.05, 0.1) is 25.9 Å². The van der Waals surface area contributed by atoms with Crippen LogP contribution >= 0.6 is 26.2 Å². The smallest absolute Gasteiger partial charge is 0.394 e. The third-order valence-electron chi connectivity index (χ3n) is 6.93. The summed E-state index contributed by atoms with van der Waals surface area (Å²) < 4.78 is 58.2. The molecule has 19 nitrogen and oxygen atoms in total. The third-order valence-corrected chi connectivity index (χ3v) is 9.22.